The van der Waals surface area contributed by atoms with Crippen LogP contribution in [0.1, 0.15) is 34.0 Å². The molecule has 1 fully saturated rings. The van der Waals surface area contributed by atoms with E-state index in [2.05, 4.69) is 10.3 Å². The molecule has 0 bridgehead atoms. The number of rotatable bonds is 4. The molecule has 1 N–H and O–H groups in total. The lowest BCUT2D eigenvalue weighted by Crippen LogP contribution is -2.35. The van der Waals surface area contributed by atoms with Gasteiger partial charge in [-0.05, 0) is 25.0 Å². The summed E-state index contributed by atoms with van der Waals surface area (Å²) in [4.78, 5) is 32.6. The van der Waals surface area contributed by atoms with Gasteiger partial charge in [0.2, 0.25) is 0 Å². The van der Waals surface area contributed by atoms with Gasteiger partial charge in [0.05, 0.1) is 19.3 Å². The van der Waals surface area contributed by atoms with Crippen LogP contribution in [0.15, 0.2) is 28.7 Å². The van der Waals surface area contributed by atoms with E-state index < -0.39 is 6.10 Å². The van der Waals surface area contributed by atoms with E-state index in [0.717, 1.165) is 28.8 Å². The van der Waals surface area contributed by atoms with E-state index >= 15 is 0 Å². The molecular formula is C21H21N3O5S. The van der Waals surface area contributed by atoms with Crippen LogP contribution in [0.25, 0.3) is 11.0 Å². The van der Waals surface area contributed by atoms with Gasteiger partial charge in [-0.25, -0.2) is 4.98 Å². The number of fused-ring (bicyclic) bond motifs is 2. The van der Waals surface area contributed by atoms with Gasteiger partial charge >= 0.3 is 0 Å². The third-order valence-corrected chi connectivity index (χ3v) is 6.41. The summed E-state index contributed by atoms with van der Waals surface area (Å²) >= 11 is 1.41. The second kappa shape index (κ2) is 7.73. The van der Waals surface area contributed by atoms with Crippen molar-refractivity contribution < 1.29 is 23.5 Å². The van der Waals surface area contributed by atoms with E-state index in [1.165, 1.54) is 11.3 Å². The Kier molecular flexibility index (Phi) is 4.92. The number of aromatic nitrogens is 1. The Labute approximate surface area is 176 Å². The number of furan rings is 1. The van der Waals surface area contributed by atoms with E-state index in [-0.39, 0.29) is 17.6 Å². The molecule has 2 aliphatic heterocycles. The Balaban J connectivity index is 1.31. The van der Waals surface area contributed by atoms with Gasteiger partial charge < -0.3 is 18.8 Å². The number of nitrogens with zero attached hydrogens (tertiary/aromatic N) is 2. The summed E-state index contributed by atoms with van der Waals surface area (Å²) in [5.41, 5.74) is 1.50. The van der Waals surface area contributed by atoms with Crippen molar-refractivity contribution >= 4 is 39.3 Å². The number of thiazole rings is 1. The van der Waals surface area contributed by atoms with Crippen LogP contribution in [0, 0.1) is 0 Å². The third-order valence-electron chi connectivity index (χ3n) is 5.41. The predicted octanol–water partition coefficient (Wildman–Crippen LogP) is 3.21. The van der Waals surface area contributed by atoms with Crippen LogP contribution >= 0.6 is 11.3 Å². The fraction of sp³-hybridized carbons (Fsp3) is 0.381. The maximum Gasteiger partial charge on any atom is 0.289 e. The Hall–Kier alpha value is -2.91. The number of carbonyl (C=O) groups excluding carboxylic acids is 2. The van der Waals surface area contributed by atoms with Gasteiger partial charge in [0.15, 0.2) is 22.2 Å². The van der Waals surface area contributed by atoms with Crippen molar-refractivity contribution in [2.24, 2.45) is 0 Å². The Morgan fingerprint density at radius 1 is 1.37 bits per heavy atom. The molecule has 9 heteroatoms. The molecule has 156 valence electrons. The van der Waals surface area contributed by atoms with Crippen LogP contribution in [-0.2, 0) is 22.5 Å². The first-order chi connectivity index (χ1) is 14.6. The molecule has 2 amide bonds. The molecule has 0 spiro atoms. The van der Waals surface area contributed by atoms with E-state index in [9.17, 15) is 9.59 Å². The molecule has 5 rings (SSSR count). The third kappa shape index (κ3) is 3.44. The monoisotopic (exact) mass is 427 g/mol. The van der Waals surface area contributed by atoms with Gasteiger partial charge in [-0.2, -0.15) is 0 Å². The van der Waals surface area contributed by atoms with Crippen LogP contribution < -0.4 is 10.1 Å². The number of methoxy groups -OCH3 is 1. The summed E-state index contributed by atoms with van der Waals surface area (Å²) < 4.78 is 16.5. The minimum atomic E-state index is -0.394. The number of nitrogens with one attached hydrogen (secondary N) is 1. The molecule has 8 nitrogen and oxygen atoms in total. The minimum absolute atomic E-state index is 0.150. The summed E-state index contributed by atoms with van der Waals surface area (Å²) in [5.74, 6) is 0.566. The molecule has 2 aromatic heterocycles. The molecule has 1 aromatic carbocycles. The lowest BCUT2D eigenvalue weighted by Gasteiger charge is -2.25. The van der Waals surface area contributed by atoms with Crippen molar-refractivity contribution in [1.29, 1.82) is 0 Å². The first kappa shape index (κ1) is 19.1. The Bertz CT molecular complexity index is 1120. The first-order valence-electron chi connectivity index (χ1n) is 9.89. The topological polar surface area (TPSA) is 93.9 Å². The molecular weight excluding hydrogens is 406 g/mol. The standard InChI is InChI=1S/C21H21N3O5S/c1-27-14-5-2-4-12-10-16(29-18(12)14)20(26)24-8-7-13-17(11-24)30-21(22-13)23-19(25)15-6-3-9-28-15/h2,4-5,10,15H,3,6-9,11H2,1H3,(H,22,23,25)/t15-/m1/s1. The fourth-order valence-electron chi connectivity index (χ4n) is 3.85. The molecule has 0 radical (unpaired) electrons. The maximum absolute atomic E-state index is 13.0. The van der Waals surface area contributed by atoms with Crippen molar-refractivity contribution in [3.05, 3.63) is 40.6 Å². The van der Waals surface area contributed by atoms with Crippen LogP contribution in [0.5, 0.6) is 5.75 Å². The van der Waals surface area contributed by atoms with Crippen molar-refractivity contribution in [1.82, 2.24) is 9.88 Å². The lowest BCUT2D eigenvalue weighted by molar-refractivity contribution is -0.124. The molecule has 0 unspecified atom stereocenters. The number of benzene rings is 1. The highest BCUT2D eigenvalue weighted by Crippen LogP contribution is 2.32. The summed E-state index contributed by atoms with van der Waals surface area (Å²) in [7, 11) is 1.57. The average molecular weight is 427 g/mol. The molecule has 1 saturated heterocycles. The zero-order chi connectivity index (χ0) is 20.7. The second-order valence-corrected chi connectivity index (χ2v) is 8.43. The van der Waals surface area contributed by atoms with Gasteiger partial charge in [0, 0.05) is 29.8 Å². The van der Waals surface area contributed by atoms with Crippen LogP contribution in [-0.4, -0.2) is 48.1 Å². The SMILES string of the molecule is COc1cccc2cc(C(=O)N3CCc4nc(NC(=O)[C@H]5CCCO5)sc4C3)oc12. The number of hydrogen-bond donors (Lipinski definition) is 1. The van der Waals surface area contributed by atoms with E-state index in [1.54, 1.807) is 24.1 Å². The van der Waals surface area contributed by atoms with Crippen LogP contribution in [0.2, 0.25) is 0 Å². The predicted molar refractivity (Wildman–Crippen MR) is 111 cm³/mol. The van der Waals surface area contributed by atoms with Crippen molar-refractivity contribution in [2.75, 3.05) is 25.6 Å². The van der Waals surface area contributed by atoms with Gasteiger partial charge in [0.25, 0.3) is 11.8 Å². The fourth-order valence-corrected chi connectivity index (χ4v) is 4.88. The lowest BCUT2D eigenvalue weighted by atomic mass is 10.1. The molecule has 1 atom stereocenters. The van der Waals surface area contributed by atoms with E-state index in [1.807, 2.05) is 12.1 Å². The smallest absolute Gasteiger partial charge is 0.289 e. The van der Waals surface area contributed by atoms with Gasteiger partial charge in [-0.15, -0.1) is 0 Å². The quantitative estimate of drug-likeness (QED) is 0.687. The summed E-state index contributed by atoms with van der Waals surface area (Å²) in [6, 6.07) is 7.30. The highest BCUT2D eigenvalue weighted by Gasteiger charge is 2.29. The summed E-state index contributed by atoms with van der Waals surface area (Å²) in [6.45, 7) is 1.61. The van der Waals surface area contributed by atoms with Crippen LogP contribution in [0.4, 0.5) is 5.13 Å². The zero-order valence-electron chi connectivity index (χ0n) is 16.5. The Morgan fingerprint density at radius 2 is 2.27 bits per heavy atom. The van der Waals surface area contributed by atoms with Crippen molar-refractivity contribution in [2.45, 2.75) is 31.9 Å². The molecule has 0 saturated carbocycles. The van der Waals surface area contributed by atoms with Gasteiger partial charge in [0.1, 0.15) is 6.10 Å². The number of hydrogen-bond acceptors (Lipinski definition) is 7. The molecule has 3 aromatic rings. The average Bonchev–Trinajstić information content (AvgIpc) is 3.50. The highest BCUT2D eigenvalue weighted by atomic mass is 32.1. The number of para-hydroxylation sites is 1. The molecule has 2 aliphatic rings. The second-order valence-electron chi connectivity index (χ2n) is 7.35. The van der Waals surface area contributed by atoms with Crippen LogP contribution in [0.3, 0.4) is 0 Å². The number of ether oxygens (including phenoxy) is 2. The van der Waals surface area contributed by atoms with Crippen molar-refractivity contribution in [3.8, 4) is 5.75 Å². The van der Waals surface area contributed by atoms with Crippen molar-refractivity contribution in [3.63, 3.8) is 0 Å². The molecule has 0 aliphatic carbocycles. The maximum atomic E-state index is 13.0. The molecule has 30 heavy (non-hydrogen) atoms. The summed E-state index contributed by atoms with van der Waals surface area (Å²) in [5, 5.41) is 4.24. The first-order valence-corrected chi connectivity index (χ1v) is 10.7. The van der Waals surface area contributed by atoms with Gasteiger partial charge in [-0.1, -0.05) is 23.5 Å². The summed E-state index contributed by atoms with van der Waals surface area (Å²) in [6.07, 6.45) is 1.88. The van der Waals surface area contributed by atoms with E-state index in [4.69, 9.17) is 13.9 Å². The number of anilines is 1. The Morgan fingerprint density at radius 3 is 3.07 bits per heavy atom. The zero-order valence-corrected chi connectivity index (χ0v) is 17.3. The highest BCUT2D eigenvalue weighted by molar-refractivity contribution is 7.15. The number of carbonyl (C=O) groups is 2. The van der Waals surface area contributed by atoms with E-state index in [0.29, 0.717) is 42.6 Å². The van der Waals surface area contributed by atoms with Gasteiger partial charge in [-0.3, -0.25) is 14.9 Å². The normalized spacial score (nSPS) is 18.4. The number of amides is 2. The largest absolute Gasteiger partial charge is 0.493 e. The minimum Gasteiger partial charge on any atom is -0.493 e. The molecule has 4 heterocycles.